The maximum atomic E-state index is 12.7. The van der Waals surface area contributed by atoms with Gasteiger partial charge in [-0.15, -0.1) is 0 Å². The molecule has 0 aliphatic carbocycles. The summed E-state index contributed by atoms with van der Waals surface area (Å²) in [6.45, 7) is 4.63. The zero-order valence-electron chi connectivity index (χ0n) is 21.7. The average molecular weight is 596 g/mol. The molecule has 1 atom stereocenters. The molecule has 0 radical (unpaired) electrons. The highest BCUT2D eigenvalue weighted by molar-refractivity contribution is 5.98. The molecule has 4 heterocycles. The van der Waals surface area contributed by atoms with E-state index in [1.54, 1.807) is 40.0 Å². The second kappa shape index (κ2) is 13.0. The first-order valence-electron chi connectivity index (χ1n) is 11.6. The monoisotopic (exact) mass is 596 g/mol. The molecule has 0 bridgehead atoms. The summed E-state index contributed by atoms with van der Waals surface area (Å²) in [6.07, 6.45) is -2.17. The van der Waals surface area contributed by atoms with Gasteiger partial charge in [-0.25, -0.2) is 9.59 Å². The number of aromatic nitrogens is 3. The van der Waals surface area contributed by atoms with E-state index in [4.69, 9.17) is 19.8 Å². The zero-order chi connectivity index (χ0) is 31.2. The van der Waals surface area contributed by atoms with Gasteiger partial charge in [-0.1, -0.05) is 0 Å². The van der Waals surface area contributed by atoms with E-state index in [0.717, 1.165) is 31.7 Å². The number of aryl methyl sites for hydroxylation is 1. The minimum Gasteiger partial charge on any atom is -0.475 e. The molecule has 2 N–H and O–H groups in total. The van der Waals surface area contributed by atoms with E-state index >= 15 is 0 Å². The second-order valence-electron chi connectivity index (χ2n) is 9.10. The number of likely N-dealkylation sites (tertiary alicyclic amines) is 1. The van der Waals surface area contributed by atoms with Crippen molar-refractivity contribution in [2.75, 3.05) is 31.1 Å². The van der Waals surface area contributed by atoms with E-state index in [9.17, 15) is 35.9 Å². The fourth-order valence-electron chi connectivity index (χ4n) is 4.26. The number of aliphatic carboxylic acids is 2. The van der Waals surface area contributed by atoms with Gasteiger partial charge in [0.1, 0.15) is 6.54 Å². The van der Waals surface area contributed by atoms with Crippen molar-refractivity contribution < 1.29 is 55.7 Å². The van der Waals surface area contributed by atoms with Crippen LogP contribution in [0.25, 0.3) is 0 Å². The highest BCUT2D eigenvalue weighted by Gasteiger charge is 2.50. The van der Waals surface area contributed by atoms with Crippen molar-refractivity contribution >= 4 is 29.4 Å². The third kappa shape index (κ3) is 9.16. The molecule has 2 amide bonds. The first-order valence-corrected chi connectivity index (χ1v) is 11.6. The number of pyridine rings is 1. The molecule has 18 heteroatoms. The van der Waals surface area contributed by atoms with Gasteiger partial charge in [0.05, 0.1) is 24.0 Å². The number of rotatable bonds is 3. The van der Waals surface area contributed by atoms with Crippen molar-refractivity contribution in [3.63, 3.8) is 0 Å². The molecule has 41 heavy (non-hydrogen) atoms. The van der Waals surface area contributed by atoms with Crippen LogP contribution in [0.4, 0.5) is 32.0 Å². The van der Waals surface area contributed by atoms with Gasteiger partial charge in [0, 0.05) is 52.2 Å². The van der Waals surface area contributed by atoms with Crippen LogP contribution in [0.3, 0.4) is 0 Å². The molecule has 2 fully saturated rings. The fourth-order valence-corrected chi connectivity index (χ4v) is 4.26. The molecule has 0 aromatic carbocycles. The number of hydrogen-bond donors (Lipinski definition) is 2. The van der Waals surface area contributed by atoms with Crippen molar-refractivity contribution in [2.24, 2.45) is 7.05 Å². The fraction of sp³-hybridized carbons (Fsp3) is 0.478. The third-order valence-electron chi connectivity index (χ3n) is 6.05. The van der Waals surface area contributed by atoms with Crippen molar-refractivity contribution in [3.8, 4) is 0 Å². The standard InChI is InChI=1S/C19H24N6O2.2C2HF3O2/c1-15(26)25-12-18(27)24(17-9-21-22(2)11-17)14-19(25)5-8-23(13-19)10-16-3-6-20-7-4-16;2*3-2(4,5)1(6)7/h3-4,6-7,9,11H,5,8,10,12-14H2,1-2H3;2*(H,6,7). The first-order chi connectivity index (χ1) is 18.9. The van der Waals surface area contributed by atoms with Crippen molar-refractivity contribution in [1.29, 1.82) is 0 Å². The maximum Gasteiger partial charge on any atom is 0.490 e. The summed E-state index contributed by atoms with van der Waals surface area (Å²) in [5.41, 5.74) is 1.63. The number of carbonyl (C=O) groups is 4. The van der Waals surface area contributed by atoms with Crippen LogP contribution in [0.15, 0.2) is 36.9 Å². The highest BCUT2D eigenvalue weighted by atomic mass is 19.4. The minimum absolute atomic E-state index is 0.0417. The molecule has 2 aliphatic rings. The molecular formula is C23H26F6N6O6. The Balaban J connectivity index is 0.000000349. The van der Waals surface area contributed by atoms with Gasteiger partial charge in [-0.3, -0.25) is 24.2 Å². The number of amides is 2. The van der Waals surface area contributed by atoms with Crippen LogP contribution in [-0.4, -0.2) is 103 Å². The predicted molar refractivity (Wildman–Crippen MR) is 127 cm³/mol. The molecule has 2 aromatic rings. The van der Waals surface area contributed by atoms with Gasteiger partial charge in [-0.05, 0) is 24.1 Å². The number of piperazine rings is 1. The Labute approximate surface area is 228 Å². The number of nitrogens with zero attached hydrogens (tertiary/aromatic N) is 6. The number of carbonyl (C=O) groups excluding carboxylic acids is 2. The Hall–Kier alpha value is -4.22. The van der Waals surface area contributed by atoms with E-state index < -0.39 is 24.3 Å². The zero-order valence-corrected chi connectivity index (χ0v) is 21.7. The Morgan fingerprint density at radius 2 is 1.54 bits per heavy atom. The molecule has 4 rings (SSSR count). The lowest BCUT2D eigenvalue weighted by Crippen LogP contribution is -2.66. The summed E-state index contributed by atoms with van der Waals surface area (Å²) >= 11 is 0. The van der Waals surface area contributed by atoms with Crippen molar-refractivity contribution in [3.05, 3.63) is 42.5 Å². The molecule has 2 aromatic heterocycles. The van der Waals surface area contributed by atoms with Crippen molar-refractivity contribution in [2.45, 2.75) is 37.8 Å². The SMILES string of the molecule is CC(=O)N1CC(=O)N(c2cnn(C)c2)CC12CCN(Cc1ccncc1)C2.O=C(O)C(F)(F)F.O=C(O)C(F)(F)F. The van der Waals surface area contributed by atoms with Crippen LogP contribution >= 0.6 is 0 Å². The lowest BCUT2D eigenvalue weighted by molar-refractivity contribution is -0.193. The summed E-state index contributed by atoms with van der Waals surface area (Å²) in [4.78, 5) is 52.8. The lowest BCUT2D eigenvalue weighted by Gasteiger charge is -2.48. The Bertz CT molecular complexity index is 1210. The first kappa shape index (κ1) is 33.0. The Morgan fingerprint density at radius 3 is 1.98 bits per heavy atom. The minimum atomic E-state index is -5.08. The number of carboxylic acid groups (broad SMARTS) is 2. The summed E-state index contributed by atoms with van der Waals surface area (Å²) in [6, 6.07) is 4.03. The van der Waals surface area contributed by atoms with Gasteiger partial charge in [0.25, 0.3) is 0 Å². The number of halogens is 6. The van der Waals surface area contributed by atoms with Crippen molar-refractivity contribution in [1.82, 2.24) is 24.6 Å². The van der Waals surface area contributed by atoms with Gasteiger partial charge in [-0.2, -0.15) is 31.4 Å². The topological polar surface area (TPSA) is 149 Å². The van der Waals surface area contributed by atoms with Gasteiger partial charge >= 0.3 is 24.3 Å². The molecule has 226 valence electrons. The number of alkyl halides is 6. The van der Waals surface area contributed by atoms with E-state index in [2.05, 4.69) is 15.0 Å². The number of anilines is 1. The summed E-state index contributed by atoms with van der Waals surface area (Å²) in [7, 11) is 1.83. The lowest BCUT2D eigenvalue weighted by atomic mass is 9.92. The van der Waals surface area contributed by atoms with E-state index in [0.29, 0.717) is 6.54 Å². The summed E-state index contributed by atoms with van der Waals surface area (Å²) in [5.74, 6) is -5.61. The molecule has 2 aliphatic heterocycles. The van der Waals surface area contributed by atoms with Crippen LogP contribution in [0.5, 0.6) is 0 Å². The Morgan fingerprint density at radius 1 is 1.00 bits per heavy atom. The third-order valence-corrected chi connectivity index (χ3v) is 6.05. The quantitative estimate of drug-likeness (QED) is 0.507. The van der Waals surface area contributed by atoms with Gasteiger partial charge in [0.2, 0.25) is 11.8 Å². The van der Waals surface area contributed by atoms with Crippen LogP contribution in [0.2, 0.25) is 0 Å². The van der Waals surface area contributed by atoms with Gasteiger partial charge < -0.3 is 20.0 Å². The molecular weight excluding hydrogens is 570 g/mol. The largest absolute Gasteiger partial charge is 0.490 e. The van der Waals surface area contributed by atoms with E-state index in [1.807, 2.05) is 25.4 Å². The van der Waals surface area contributed by atoms with Crippen LogP contribution < -0.4 is 4.90 Å². The van der Waals surface area contributed by atoms with E-state index in [-0.39, 0.29) is 23.9 Å². The van der Waals surface area contributed by atoms with Crippen LogP contribution in [0, 0.1) is 0 Å². The molecule has 12 nitrogen and oxygen atoms in total. The highest BCUT2D eigenvalue weighted by Crippen LogP contribution is 2.35. The normalized spacial score (nSPS) is 19.3. The summed E-state index contributed by atoms with van der Waals surface area (Å²) < 4.78 is 65.2. The van der Waals surface area contributed by atoms with E-state index in [1.165, 1.54) is 5.56 Å². The molecule has 0 saturated carbocycles. The smallest absolute Gasteiger partial charge is 0.475 e. The molecule has 2 saturated heterocycles. The molecule has 1 unspecified atom stereocenters. The van der Waals surface area contributed by atoms with Gasteiger partial charge in [0.15, 0.2) is 0 Å². The molecule has 1 spiro atoms. The van der Waals surface area contributed by atoms with Crippen LogP contribution in [0.1, 0.15) is 18.9 Å². The summed E-state index contributed by atoms with van der Waals surface area (Å²) in [5, 5.41) is 18.4. The Kier molecular flexibility index (Phi) is 10.4. The average Bonchev–Trinajstić information content (AvgIpc) is 3.47. The number of hydrogen-bond acceptors (Lipinski definition) is 7. The second-order valence-corrected chi connectivity index (χ2v) is 9.10. The predicted octanol–water partition coefficient (Wildman–Crippen LogP) is 1.92. The number of carboxylic acids is 2. The van der Waals surface area contributed by atoms with Crippen LogP contribution in [-0.2, 0) is 32.8 Å². The maximum absolute atomic E-state index is 12.7.